The summed E-state index contributed by atoms with van der Waals surface area (Å²) < 4.78 is 5.61. The zero-order valence-corrected chi connectivity index (χ0v) is 17.9. The fraction of sp³-hybridized carbons (Fsp3) is 0.304. The van der Waals surface area contributed by atoms with E-state index >= 15 is 0 Å². The van der Waals surface area contributed by atoms with Gasteiger partial charge in [-0.1, -0.05) is 17.7 Å². The van der Waals surface area contributed by atoms with Gasteiger partial charge < -0.3 is 9.52 Å². The molecular formula is C23H22IrNO3-. The van der Waals surface area contributed by atoms with Gasteiger partial charge in [0, 0.05) is 38.5 Å². The van der Waals surface area contributed by atoms with Gasteiger partial charge in [-0.2, -0.15) is 0 Å². The van der Waals surface area contributed by atoms with Crippen molar-refractivity contribution in [2.75, 3.05) is 0 Å². The van der Waals surface area contributed by atoms with Crippen molar-refractivity contribution in [2.45, 2.75) is 38.5 Å². The Bertz CT molecular complexity index is 945. The standard InChI is InChI=1S/C13H8NO.C10H14O2.Ir/c1-2-6-10(7-3-1)13-14-11-8-4-5-9-12(11)15-13;11-8-5-1-3-7-4-2-6-9(12)10(7)8;/h1-6,8-9H;7,11H,1-6H2;/q-1;;. The number of hydrogen-bond acceptors (Lipinski definition) is 4. The average molecular weight is 553 g/mol. The quantitative estimate of drug-likeness (QED) is 0.397. The number of ketones is 1. The summed E-state index contributed by atoms with van der Waals surface area (Å²) in [5.74, 6) is 1.59. The van der Waals surface area contributed by atoms with Crippen molar-refractivity contribution >= 4 is 16.9 Å². The molecule has 5 rings (SSSR count). The third-order valence-corrected chi connectivity index (χ3v) is 5.18. The van der Waals surface area contributed by atoms with Gasteiger partial charge in [0.15, 0.2) is 5.78 Å². The number of benzene rings is 2. The number of carbonyl (C=O) groups is 1. The molecule has 4 nitrogen and oxygen atoms in total. The summed E-state index contributed by atoms with van der Waals surface area (Å²) in [6.07, 6.45) is 5.64. The molecule has 0 saturated heterocycles. The van der Waals surface area contributed by atoms with Crippen molar-refractivity contribution < 1.29 is 34.4 Å². The summed E-state index contributed by atoms with van der Waals surface area (Å²) in [5, 5.41) is 9.53. The topological polar surface area (TPSA) is 63.3 Å². The fourth-order valence-corrected chi connectivity index (χ4v) is 3.87. The second kappa shape index (κ2) is 9.31. The van der Waals surface area contributed by atoms with E-state index < -0.39 is 0 Å². The van der Waals surface area contributed by atoms with Gasteiger partial charge in [-0.25, -0.2) is 0 Å². The first-order valence-corrected chi connectivity index (χ1v) is 9.50. The van der Waals surface area contributed by atoms with E-state index in [9.17, 15) is 9.90 Å². The Morgan fingerprint density at radius 3 is 2.50 bits per heavy atom. The molecule has 2 aliphatic carbocycles. The minimum atomic E-state index is 0. The number of Topliss-reactive ketones (excluding diaryl/α,β-unsaturated/α-hetero) is 1. The first-order valence-electron chi connectivity index (χ1n) is 9.50. The van der Waals surface area contributed by atoms with Gasteiger partial charge in [0.25, 0.3) is 0 Å². The van der Waals surface area contributed by atoms with E-state index in [1.807, 2.05) is 48.5 Å². The second-order valence-corrected chi connectivity index (χ2v) is 7.03. The Hall–Kier alpha value is -2.23. The number of oxazole rings is 1. The van der Waals surface area contributed by atoms with Crippen LogP contribution in [0, 0.1) is 12.0 Å². The molecule has 147 valence electrons. The molecule has 0 spiro atoms. The van der Waals surface area contributed by atoms with E-state index in [0.717, 1.165) is 54.3 Å². The third-order valence-electron chi connectivity index (χ3n) is 5.18. The molecule has 0 aliphatic heterocycles. The van der Waals surface area contributed by atoms with Gasteiger partial charge in [-0.3, -0.25) is 9.78 Å². The first kappa shape index (κ1) is 20.5. The number of fused-ring (bicyclic) bond motifs is 2. The number of nitrogens with zero attached hydrogens (tertiary/aromatic N) is 1. The molecule has 1 atom stereocenters. The van der Waals surface area contributed by atoms with E-state index in [1.165, 1.54) is 0 Å². The Kier molecular flexibility index (Phi) is 6.82. The summed E-state index contributed by atoms with van der Waals surface area (Å²) >= 11 is 0. The summed E-state index contributed by atoms with van der Waals surface area (Å²) in [6, 6.07) is 18.5. The molecule has 0 bridgehead atoms. The van der Waals surface area contributed by atoms with Crippen LogP contribution in [0.15, 0.2) is 64.3 Å². The molecule has 3 aromatic rings. The smallest absolute Gasteiger partial charge is 0.162 e. The van der Waals surface area contributed by atoms with Crippen LogP contribution >= 0.6 is 0 Å². The minimum Gasteiger partial charge on any atom is -0.512 e. The fourth-order valence-electron chi connectivity index (χ4n) is 3.87. The molecule has 1 N–H and O–H groups in total. The molecule has 1 saturated carbocycles. The van der Waals surface area contributed by atoms with Crippen LogP contribution in [0.3, 0.4) is 0 Å². The predicted molar refractivity (Wildman–Crippen MR) is 104 cm³/mol. The van der Waals surface area contributed by atoms with Crippen molar-refractivity contribution in [2.24, 2.45) is 5.92 Å². The van der Waals surface area contributed by atoms with Crippen molar-refractivity contribution in [1.82, 2.24) is 4.98 Å². The monoisotopic (exact) mass is 553 g/mol. The Balaban J connectivity index is 0.000000159. The van der Waals surface area contributed by atoms with Gasteiger partial charge in [-0.15, -0.1) is 30.3 Å². The number of para-hydroxylation sites is 2. The Morgan fingerprint density at radius 1 is 1.04 bits per heavy atom. The van der Waals surface area contributed by atoms with Crippen LogP contribution in [0.1, 0.15) is 38.5 Å². The molecule has 1 heterocycles. The van der Waals surface area contributed by atoms with Gasteiger partial charge >= 0.3 is 0 Å². The second-order valence-electron chi connectivity index (χ2n) is 7.03. The van der Waals surface area contributed by atoms with E-state index in [4.69, 9.17) is 4.42 Å². The minimum absolute atomic E-state index is 0. The van der Waals surface area contributed by atoms with Crippen LogP contribution in [0.2, 0.25) is 0 Å². The van der Waals surface area contributed by atoms with Crippen molar-refractivity contribution in [3.05, 3.63) is 65.9 Å². The summed E-state index contributed by atoms with van der Waals surface area (Å²) in [7, 11) is 0. The molecule has 1 fully saturated rings. The molecule has 28 heavy (non-hydrogen) atoms. The zero-order valence-electron chi connectivity index (χ0n) is 15.5. The van der Waals surface area contributed by atoms with E-state index in [1.54, 1.807) is 0 Å². The molecule has 1 aromatic heterocycles. The normalized spacial score (nSPS) is 18.7. The van der Waals surface area contributed by atoms with Crippen LogP contribution in [-0.4, -0.2) is 15.9 Å². The van der Waals surface area contributed by atoms with Gasteiger partial charge in [0.05, 0.1) is 11.3 Å². The molecule has 2 aliphatic rings. The van der Waals surface area contributed by atoms with Gasteiger partial charge in [-0.05, 0) is 43.7 Å². The largest absolute Gasteiger partial charge is 0.512 e. The van der Waals surface area contributed by atoms with Crippen LogP contribution in [0.5, 0.6) is 0 Å². The maximum atomic E-state index is 11.4. The van der Waals surface area contributed by atoms with Crippen LogP contribution in [0.4, 0.5) is 0 Å². The number of aromatic nitrogens is 1. The van der Waals surface area contributed by atoms with Crippen molar-refractivity contribution in [1.29, 1.82) is 0 Å². The molecule has 1 unspecified atom stereocenters. The number of aliphatic hydroxyl groups is 1. The summed E-state index contributed by atoms with van der Waals surface area (Å²) in [4.78, 5) is 15.8. The maximum Gasteiger partial charge on any atom is 0.162 e. The first-order chi connectivity index (χ1) is 13.2. The van der Waals surface area contributed by atoms with Crippen molar-refractivity contribution in [3.8, 4) is 11.5 Å². The number of allylic oxidation sites excluding steroid dienone is 2. The summed E-state index contributed by atoms with van der Waals surface area (Å²) in [5.41, 5.74) is 3.34. The number of carbonyl (C=O) groups excluding carboxylic acids is 1. The molecule has 1 radical (unpaired) electrons. The van der Waals surface area contributed by atoms with Crippen LogP contribution in [0.25, 0.3) is 22.6 Å². The zero-order chi connectivity index (χ0) is 18.6. The SMILES string of the molecule is O=C1CCCC2CCCC(O)=C12.[Ir].[c-]1ccccc1-c1nc2ccccc2o1. The van der Waals surface area contributed by atoms with E-state index in [0.29, 0.717) is 24.0 Å². The number of rotatable bonds is 1. The predicted octanol–water partition coefficient (Wildman–Crippen LogP) is 5.64. The Morgan fingerprint density at radius 2 is 1.79 bits per heavy atom. The van der Waals surface area contributed by atoms with Gasteiger partial charge in [0.2, 0.25) is 0 Å². The van der Waals surface area contributed by atoms with E-state index in [-0.39, 0.29) is 25.9 Å². The maximum absolute atomic E-state index is 11.4. The van der Waals surface area contributed by atoms with Gasteiger partial charge in [0.1, 0.15) is 11.5 Å². The number of aliphatic hydroxyl groups excluding tert-OH is 1. The number of hydrogen-bond donors (Lipinski definition) is 1. The molecule has 5 heteroatoms. The van der Waals surface area contributed by atoms with Crippen molar-refractivity contribution in [3.63, 3.8) is 0 Å². The third kappa shape index (κ3) is 4.43. The molecule has 0 amide bonds. The Labute approximate surface area is 178 Å². The van der Waals surface area contributed by atoms with E-state index in [2.05, 4.69) is 11.1 Å². The average Bonchev–Trinajstić information content (AvgIpc) is 3.14. The van der Waals surface area contributed by atoms with Crippen LogP contribution in [-0.2, 0) is 24.9 Å². The van der Waals surface area contributed by atoms with Crippen LogP contribution < -0.4 is 0 Å². The summed E-state index contributed by atoms with van der Waals surface area (Å²) in [6.45, 7) is 0. The molecule has 2 aromatic carbocycles. The molecular weight excluding hydrogens is 530 g/mol.